The molecule has 0 atom stereocenters. The first kappa shape index (κ1) is 40.4. The SMILES string of the molecule is C=C(C)C(=O)OCC(COC(=O)C(=C)C)OC(=O)c1cc(C(O)O)c(C(=O)OC(COC(=O)C(=C)C)COC(=O)C(=C)C)cc1C(=O)O. The van der Waals surface area contributed by atoms with E-state index < -0.39 is 109 Å². The molecule has 1 aromatic carbocycles. The fourth-order valence-corrected chi connectivity index (χ4v) is 3.18. The molecule has 0 saturated carbocycles. The van der Waals surface area contributed by atoms with Gasteiger partial charge in [0.25, 0.3) is 0 Å². The van der Waals surface area contributed by atoms with Gasteiger partial charge < -0.3 is 43.7 Å². The Kier molecular flexibility index (Phi) is 15.6. The average Bonchev–Trinajstić information content (AvgIpc) is 3.01. The van der Waals surface area contributed by atoms with Gasteiger partial charge in [0, 0.05) is 27.9 Å². The van der Waals surface area contributed by atoms with E-state index in [1.54, 1.807) is 0 Å². The first-order valence-corrected chi connectivity index (χ1v) is 13.8. The highest BCUT2D eigenvalue weighted by Crippen LogP contribution is 2.25. The van der Waals surface area contributed by atoms with Gasteiger partial charge in [-0.25, -0.2) is 33.6 Å². The Bertz CT molecular complexity index is 1460. The highest BCUT2D eigenvalue weighted by Gasteiger charge is 2.30. The van der Waals surface area contributed by atoms with Gasteiger partial charge in [-0.15, -0.1) is 0 Å². The third kappa shape index (κ3) is 12.6. The topological polar surface area (TPSA) is 236 Å². The summed E-state index contributed by atoms with van der Waals surface area (Å²) in [5.74, 6) is -8.14. The summed E-state index contributed by atoms with van der Waals surface area (Å²) in [4.78, 5) is 86.1. The molecule has 1 rings (SSSR count). The summed E-state index contributed by atoms with van der Waals surface area (Å²) in [7, 11) is 0. The van der Waals surface area contributed by atoms with Crippen LogP contribution in [0.3, 0.4) is 0 Å². The summed E-state index contributed by atoms with van der Waals surface area (Å²) in [6.45, 7) is 16.3. The molecular formula is C32H36O16. The number of aliphatic hydroxyl groups is 2. The van der Waals surface area contributed by atoms with Gasteiger partial charge in [-0.3, -0.25) is 0 Å². The number of ether oxygens (including phenoxy) is 6. The second kappa shape index (κ2) is 18.5. The Labute approximate surface area is 274 Å². The fraction of sp³-hybridized carbons (Fsp3) is 0.344. The molecule has 0 amide bonds. The molecule has 0 bridgehead atoms. The van der Waals surface area contributed by atoms with E-state index >= 15 is 0 Å². The van der Waals surface area contributed by atoms with Crippen LogP contribution in [0.15, 0.2) is 60.7 Å². The Morgan fingerprint density at radius 1 is 0.562 bits per heavy atom. The summed E-state index contributed by atoms with van der Waals surface area (Å²) in [5, 5.41) is 29.9. The summed E-state index contributed by atoms with van der Waals surface area (Å²) >= 11 is 0. The van der Waals surface area contributed by atoms with Gasteiger partial charge in [0.1, 0.15) is 26.4 Å². The molecule has 0 spiro atoms. The molecule has 0 aliphatic rings. The zero-order valence-electron chi connectivity index (χ0n) is 26.7. The molecule has 0 fully saturated rings. The van der Waals surface area contributed by atoms with E-state index in [1.807, 2.05) is 0 Å². The molecule has 16 nitrogen and oxygen atoms in total. The van der Waals surface area contributed by atoms with E-state index in [0.29, 0.717) is 12.1 Å². The molecule has 48 heavy (non-hydrogen) atoms. The minimum Gasteiger partial charge on any atom is -0.478 e. The van der Waals surface area contributed by atoms with Crippen molar-refractivity contribution in [2.45, 2.75) is 46.2 Å². The molecule has 0 aromatic heterocycles. The molecular weight excluding hydrogens is 640 g/mol. The summed E-state index contributed by atoms with van der Waals surface area (Å²) in [5.41, 5.74) is -3.22. The van der Waals surface area contributed by atoms with Gasteiger partial charge >= 0.3 is 41.8 Å². The van der Waals surface area contributed by atoms with Crippen LogP contribution in [-0.2, 0) is 47.6 Å². The zero-order chi connectivity index (χ0) is 36.9. The van der Waals surface area contributed by atoms with E-state index in [-0.39, 0.29) is 22.3 Å². The van der Waals surface area contributed by atoms with Crippen molar-refractivity contribution in [2.24, 2.45) is 0 Å². The Morgan fingerprint density at radius 3 is 1.15 bits per heavy atom. The number of rotatable bonds is 18. The number of esters is 6. The predicted octanol–water partition coefficient (Wildman–Crippen LogP) is 1.90. The van der Waals surface area contributed by atoms with E-state index in [1.165, 1.54) is 27.7 Å². The third-order valence-electron chi connectivity index (χ3n) is 5.68. The molecule has 0 unspecified atom stereocenters. The van der Waals surface area contributed by atoms with Gasteiger partial charge in [0.05, 0.1) is 16.7 Å². The van der Waals surface area contributed by atoms with Crippen molar-refractivity contribution in [3.05, 3.63) is 83.0 Å². The standard InChI is InChI=1S/C32H36O16/c1-15(2)27(37)43-11-19(12-44-28(38)16(3)4)47-31(41)23-9-22(26(35)36)24(10-21(23)25(33)34)32(42)48-20(13-45-29(39)17(5)6)14-46-30(40)18(7)8/h9-10,19-20,25,33-34H,1,3,5,7,11-14H2,2,4,6,8H3,(H,35,36). The van der Waals surface area contributed by atoms with Crippen LogP contribution in [-0.4, -0.2) is 95.7 Å². The van der Waals surface area contributed by atoms with Crippen LogP contribution in [0, 0.1) is 0 Å². The second-order valence-electron chi connectivity index (χ2n) is 10.2. The van der Waals surface area contributed by atoms with E-state index in [2.05, 4.69) is 26.3 Å². The smallest absolute Gasteiger partial charge is 0.339 e. The Balaban J connectivity index is 3.49. The molecule has 0 radical (unpaired) electrons. The molecule has 0 aliphatic carbocycles. The number of hydrogen-bond donors (Lipinski definition) is 3. The van der Waals surface area contributed by atoms with Crippen molar-refractivity contribution in [2.75, 3.05) is 26.4 Å². The highest BCUT2D eigenvalue weighted by atomic mass is 16.6. The maximum atomic E-state index is 13.2. The zero-order valence-corrected chi connectivity index (χ0v) is 26.7. The van der Waals surface area contributed by atoms with Gasteiger partial charge in [0.2, 0.25) is 0 Å². The Hall–Kier alpha value is -5.61. The lowest BCUT2D eigenvalue weighted by Gasteiger charge is -2.21. The molecule has 0 heterocycles. The number of aromatic carboxylic acids is 1. The average molecular weight is 677 g/mol. The van der Waals surface area contributed by atoms with E-state index in [9.17, 15) is 48.9 Å². The molecule has 1 aromatic rings. The van der Waals surface area contributed by atoms with E-state index in [4.69, 9.17) is 28.4 Å². The van der Waals surface area contributed by atoms with Crippen LogP contribution in [0.1, 0.15) is 70.6 Å². The normalized spacial score (nSPS) is 10.5. The van der Waals surface area contributed by atoms with Crippen molar-refractivity contribution in [1.29, 1.82) is 0 Å². The van der Waals surface area contributed by atoms with Crippen molar-refractivity contribution < 1.29 is 77.3 Å². The number of carboxylic acid groups (broad SMARTS) is 1. The van der Waals surface area contributed by atoms with Gasteiger partial charge in [-0.1, -0.05) is 26.3 Å². The molecule has 16 heteroatoms. The lowest BCUT2D eigenvalue weighted by atomic mass is 9.97. The number of benzene rings is 1. The molecule has 0 saturated heterocycles. The van der Waals surface area contributed by atoms with Crippen LogP contribution in [0.25, 0.3) is 0 Å². The first-order valence-electron chi connectivity index (χ1n) is 13.8. The van der Waals surface area contributed by atoms with Crippen LogP contribution in [0.5, 0.6) is 0 Å². The maximum absolute atomic E-state index is 13.2. The van der Waals surface area contributed by atoms with Crippen molar-refractivity contribution in [3.8, 4) is 0 Å². The number of carbonyl (C=O) groups is 7. The van der Waals surface area contributed by atoms with Crippen LogP contribution < -0.4 is 0 Å². The van der Waals surface area contributed by atoms with E-state index in [0.717, 1.165) is 0 Å². The third-order valence-corrected chi connectivity index (χ3v) is 5.68. The Morgan fingerprint density at radius 2 is 0.875 bits per heavy atom. The lowest BCUT2D eigenvalue weighted by Crippen LogP contribution is -2.32. The van der Waals surface area contributed by atoms with Crippen LogP contribution in [0.2, 0.25) is 0 Å². The molecule has 260 valence electrons. The van der Waals surface area contributed by atoms with Gasteiger partial charge in [-0.05, 0) is 39.8 Å². The number of hydrogen-bond acceptors (Lipinski definition) is 15. The largest absolute Gasteiger partial charge is 0.478 e. The molecule has 0 aliphatic heterocycles. The second-order valence-corrected chi connectivity index (χ2v) is 10.2. The lowest BCUT2D eigenvalue weighted by molar-refractivity contribution is -0.149. The van der Waals surface area contributed by atoms with Crippen molar-refractivity contribution >= 4 is 41.8 Å². The number of carbonyl (C=O) groups excluding carboxylic acids is 6. The van der Waals surface area contributed by atoms with Crippen molar-refractivity contribution in [3.63, 3.8) is 0 Å². The highest BCUT2D eigenvalue weighted by molar-refractivity contribution is 6.05. The fourth-order valence-electron chi connectivity index (χ4n) is 3.18. The van der Waals surface area contributed by atoms with Crippen molar-refractivity contribution in [1.82, 2.24) is 0 Å². The minimum absolute atomic E-state index is 0.0107. The summed E-state index contributed by atoms with van der Waals surface area (Å²) in [6.07, 6.45) is -5.48. The first-order chi connectivity index (χ1) is 22.3. The maximum Gasteiger partial charge on any atom is 0.339 e. The number of carboxylic acids is 1. The van der Waals surface area contributed by atoms with Crippen LogP contribution in [0.4, 0.5) is 0 Å². The van der Waals surface area contributed by atoms with Crippen LogP contribution >= 0.6 is 0 Å². The van der Waals surface area contributed by atoms with Gasteiger partial charge in [0.15, 0.2) is 18.5 Å². The monoisotopic (exact) mass is 676 g/mol. The summed E-state index contributed by atoms with van der Waals surface area (Å²) < 4.78 is 30.3. The minimum atomic E-state index is -2.49. The van der Waals surface area contributed by atoms with Gasteiger partial charge in [-0.2, -0.15) is 0 Å². The predicted molar refractivity (Wildman–Crippen MR) is 162 cm³/mol. The quantitative estimate of drug-likeness (QED) is 0.0871. The summed E-state index contributed by atoms with van der Waals surface area (Å²) in [6, 6.07) is 1.21. The molecule has 3 N–H and O–H groups in total. The number of aliphatic hydroxyl groups excluding tert-OH is 1.